The lowest BCUT2D eigenvalue weighted by Gasteiger charge is -2.03. The van der Waals surface area contributed by atoms with Crippen LogP contribution in [0.4, 0.5) is 0 Å². The van der Waals surface area contributed by atoms with Gasteiger partial charge in [-0.3, -0.25) is 0 Å². The van der Waals surface area contributed by atoms with Gasteiger partial charge in [-0.05, 0) is 18.6 Å². The fraction of sp³-hybridized carbons (Fsp3) is 0.143. The van der Waals surface area contributed by atoms with Gasteiger partial charge in [0.2, 0.25) is 0 Å². The minimum Gasteiger partial charge on any atom is -0.200 e. The molecule has 0 aliphatic heterocycles. The van der Waals surface area contributed by atoms with Crippen LogP contribution >= 0.6 is 0 Å². The summed E-state index contributed by atoms with van der Waals surface area (Å²) < 4.78 is 22.5. The van der Waals surface area contributed by atoms with Crippen molar-refractivity contribution in [2.24, 2.45) is 5.29 Å². The SMILES string of the molecule is Cc1ccccc1S(=O)(=O)NN=O. The molecule has 70 valence electrons. The van der Waals surface area contributed by atoms with Gasteiger partial charge in [0.25, 0.3) is 10.0 Å². The maximum atomic E-state index is 11.2. The lowest BCUT2D eigenvalue weighted by atomic mass is 10.2. The highest BCUT2D eigenvalue weighted by Gasteiger charge is 2.15. The van der Waals surface area contributed by atoms with Crippen molar-refractivity contribution in [3.05, 3.63) is 34.7 Å². The first-order valence-electron chi connectivity index (χ1n) is 3.48. The van der Waals surface area contributed by atoms with Gasteiger partial charge in [0.15, 0.2) is 0 Å². The Hall–Kier alpha value is -1.43. The van der Waals surface area contributed by atoms with Crippen LogP contribution < -0.4 is 4.83 Å². The summed E-state index contributed by atoms with van der Waals surface area (Å²) in [7, 11) is -3.77. The Morgan fingerprint density at radius 2 is 1.92 bits per heavy atom. The Balaban J connectivity index is 3.22. The largest absolute Gasteiger partial charge is 0.279 e. The first kappa shape index (κ1) is 9.66. The van der Waals surface area contributed by atoms with E-state index in [1.54, 1.807) is 25.1 Å². The zero-order chi connectivity index (χ0) is 9.90. The minimum absolute atomic E-state index is 0.0644. The molecule has 0 atom stereocenters. The Bertz CT molecular complexity index is 414. The molecule has 0 radical (unpaired) electrons. The van der Waals surface area contributed by atoms with E-state index < -0.39 is 10.0 Å². The summed E-state index contributed by atoms with van der Waals surface area (Å²) in [6.07, 6.45) is 0. The van der Waals surface area contributed by atoms with Crippen molar-refractivity contribution in [2.75, 3.05) is 0 Å². The highest BCUT2D eigenvalue weighted by molar-refractivity contribution is 7.89. The monoisotopic (exact) mass is 200 g/mol. The summed E-state index contributed by atoms with van der Waals surface area (Å²) in [4.78, 5) is 11.3. The highest BCUT2D eigenvalue weighted by Crippen LogP contribution is 2.13. The molecule has 0 spiro atoms. The first-order valence-corrected chi connectivity index (χ1v) is 4.96. The molecule has 0 saturated carbocycles. The number of benzene rings is 1. The van der Waals surface area contributed by atoms with E-state index >= 15 is 0 Å². The van der Waals surface area contributed by atoms with Crippen LogP contribution in [0, 0.1) is 11.8 Å². The standard InChI is InChI=1S/C7H8N2O3S/c1-6-4-2-3-5-7(6)13(11,12)9-8-10/h2-5H,1H3,(H,9,10). The Labute approximate surface area is 75.8 Å². The Morgan fingerprint density at radius 1 is 1.31 bits per heavy atom. The molecule has 0 saturated heterocycles. The molecule has 0 heterocycles. The van der Waals surface area contributed by atoms with Gasteiger partial charge in [0, 0.05) is 0 Å². The van der Waals surface area contributed by atoms with E-state index in [1.807, 2.05) is 0 Å². The lowest BCUT2D eigenvalue weighted by molar-refractivity contribution is 0.583. The van der Waals surface area contributed by atoms with Gasteiger partial charge >= 0.3 is 0 Å². The summed E-state index contributed by atoms with van der Waals surface area (Å²) in [5.41, 5.74) is 0.568. The van der Waals surface area contributed by atoms with E-state index in [0.717, 1.165) is 0 Å². The molecule has 0 aromatic heterocycles. The van der Waals surface area contributed by atoms with Gasteiger partial charge in [0.1, 0.15) is 0 Å². The minimum atomic E-state index is -3.77. The molecule has 1 aromatic rings. The van der Waals surface area contributed by atoms with E-state index in [1.165, 1.54) is 10.9 Å². The summed E-state index contributed by atoms with van der Waals surface area (Å²) in [5, 5.41) is 2.14. The number of hydrogen-bond acceptors (Lipinski definition) is 4. The van der Waals surface area contributed by atoms with E-state index in [2.05, 4.69) is 5.29 Å². The topological polar surface area (TPSA) is 75.6 Å². The number of sulfonamides is 1. The van der Waals surface area contributed by atoms with Crippen molar-refractivity contribution < 1.29 is 8.42 Å². The highest BCUT2D eigenvalue weighted by atomic mass is 32.2. The number of aryl methyl sites for hydroxylation is 1. The van der Waals surface area contributed by atoms with Gasteiger partial charge in [-0.1, -0.05) is 18.2 Å². The van der Waals surface area contributed by atoms with Crippen molar-refractivity contribution in [2.45, 2.75) is 11.8 Å². The van der Waals surface area contributed by atoms with Gasteiger partial charge in [-0.25, -0.2) is 0 Å². The quantitative estimate of drug-likeness (QED) is 0.583. The third-order valence-corrected chi connectivity index (χ3v) is 2.89. The van der Waals surface area contributed by atoms with Crippen LogP contribution in [0.25, 0.3) is 0 Å². The molecular formula is C7H8N2O3S. The fourth-order valence-corrected chi connectivity index (χ4v) is 1.90. The van der Waals surface area contributed by atoms with E-state index in [9.17, 15) is 13.3 Å². The average molecular weight is 200 g/mol. The van der Waals surface area contributed by atoms with Crippen molar-refractivity contribution in [3.8, 4) is 0 Å². The molecule has 1 N–H and O–H groups in total. The second kappa shape index (κ2) is 3.53. The summed E-state index contributed by atoms with van der Waals surface area (Å²) in [6, 6.07) is 6.33. The molecule has 1 rings (SSSR count). The second-order valence-corrected chi connectivity index (χ2v) is 4.08. The summed E-state index contributed by atoms with van der Waals surface area (Å²) in [5.74, 6) is 0. The average Bonchev–Trinajstić information content (AvgIpc) is 2.04. The molecule has 5 nitrogen and oxygen atoms in total. The van der Waals surface area contributed by atoms with Crippen molar-refractivity contribution in [3.63, 3.8) is 0 Å². The van der Waals surface area contributed by atoms with Crippen LogP contribution in [0.1, 0.15) is 5.56 Å². The van der Waals surface area contributed by atoms with Crippen molar-refractivity contribution >= 4 is 10.0 Å². The smallest absolute Gasteiger partial charge is 0.200 e. The van der Waals surface area contributed by atoms with E-state index in [4.69, 9.17) is 0 Å². The molecule has 0 unspecified atom stereocenters. The molecule has 0 bridgehead atoms. The van der Waals surface area contributed by atoms with Gasteiger partial charge < -0.3 is 0 Å². The lowest BCUT2D eigenvalue weighted by Crippen LogP contribution is -2.18. The van der Waals surface area contributed by atoms with Crippen LogP contribution in [-0.2, 0) is 10.0 Å². The van der Waals surface area contributed by atoms with Crippen LogP contribution in [0.15, 0.2) is 34.4 Å². The number of hydrogen-bond donors (Lipinski definition) is 1. The van der Waals surface area contributed by atoms with Crippen molar-refractivity contribution in [1.29, 1.82) is 0 Å². The Morgan fingerprint density at radius 3 is 2.46 bits per heavy atom. The van der Waals surface area contributed by atoms with E-state index in [-0.39, 0.29) is 4.90 Å². The molecule has 0 aliphatic rings. The van der Waals surface area contributed by atoms with Crippen LogP contribution in [0.5, 0.6) is 0 Å². The molecule has 0 fully saturated rings. The van der Waals surface area contributed by atoms with Gasteiger partial charge in [-0.15, -0.1) is 4.91 Å². The second-order valence-electron chi connectivity index (χ2n) is 2.45. The predicted molar refractivity (Wildman–Crippen MR) is 47.3 cm³/mol. The number of nitrogens with one attached hydrogen (secondary N) is 1. The molecule has 0 amide bonds. The predicted octanol–water partition coefficient (Wildman–Crippen LogP) is 0.955. The van der Waals surface area contributed by atoms with E-state index in [0.29, 0.717) is 5.56 Å². The zero-order valence-electron chi connectivity index (χ0n) is 6.89. The molecular weight excluding hydrogens is 192 g/mol. The maximum absolute atomic E-state index is 11.2. The summed E-state index contributed by atoms with van der Waals surface area (Å²) in [6.45, 7) is 1.64. The maximum Gasteiger partial charge on any atom is 0.279 e. The molecule has 13 heavy (non-hydrogen) atoms. The van der Waals surface area contributed by atoms with Gasteiger partial charge in [-0.2, -0.15) is 13.2 Å². The van der Waals surface area contributed by atoms with Crippen LogP contribution in [-0.4, -0.2) is 8.42 Å². The Kier molecular flexibility index (Phi) is 2.62. The third kappa shape index (κ3) is 2.03. The zero-order valence-corrected chi connectivity index (χ0v) is 7.71. The fourth-order valence-electron chi connectivity index (χ4n) is 0.956. The molecule has 1 aromatic carbocycles. The van der Waals surface area contributed by atoms with Crippen LogP contribution in [0.2, 0.25) is 0 Å². The third-order valence-electron chi connectivity index (χ3n) is 1.54. The number of rotatable bonds is 3. The molecule has 0 aliphatic carbocycles. The molecule has 6 heteroatoms. The first-order chi connectivity index (χ1) is 6.08. The number of nitrogens with zero attached hydrogens (tertiary/aromatic N) is 1. The van der Waals surface area contributed by atoms with Crippen molar-refractivity contribution in [1.82, 2.24) is 4.83 Å². The van der Waals surface area contributed by atoms with Gasteiger partial charge in [0.05, 0.1) is 10.2 Å². The number of nitroso groups, excluding NO2 is 1. The summed E-state index contributed by atoms with van der Waals surface area (Å²) >= 11 is 0. The normalized spacial score (nSPS) is 10.8. The van der Waals surface area contributed by atoms with Crippen LogP contribution in [0.3, 0.4) is 0 Å².